The Kier molecular flexibility index (Phi) is 3.40. The lowest BCUT2D eigenvalue weighted by molar-refractivity contribution is 0.632. The van der Waals surface area contributed by atoms with E-state index in [0.29, 0.717) is 11.3 Å². The number of imidazole rings is 1. The number of alkyl halides is 1. The maximum Gasteiger partial charge on any atom is 0.151 e. The van der Waals surface area contributed by atoms with Gasteiger partial charge in [0.2, 0.25) is 0 Å². The van der Waals surface area contributed by atoms with Gasteiger partial charge in [0, 0.05) is 12.4 Å². The molecule has 0 aliphatic heterocycles. The zero-order valence-corrected chi connectivity index (χ0v) is 11.7. The number of fused-ring (bicyclic) bond motifs is 1. The molecule has 2 heterocycles. The molecule has 0 amide bonds. The Bertz CT molecular complexity index is 739. The largest absolute Gasteiger partial charge is 0.320 e. The molecule has 0 aliphatic carbocycles. The van der Waals surface area contributed by atoms with Gasteiger partial charge < -0.3 is 4.57 Å². The third-order valence-electron chi connectivity index (χ3n) is 3.44. The number of nitrogens with zero attached hydrogens (tertiary/aromatic N) is 3. The fourth-order valence-corrected chi connectivity index (χ4v) is 2.64. The molecule has 3 aromatic rings. The Hall–Kier alpha value is -1.94. The van der Waals surface area contributed by atoms with Gasteiger partial charge in [0.1, 0.15) is 11.3 Å². The fourth-order valence-electron chi connectivity index (χ4n) is 2.45. The molecule has 1 unspecified atom stereocenters. The Balaban J connectivity index is 2.22. The summed E-state index contributed by atoms with van der Waals surface area (Å²) in [6, 6.07) is 8.85. The van der Waals surface area contributed by atoms with Crippen molar-refractivity contribution in [3.8, 4) is 0 Å². The number of hydrogen-bond donors (Lipinski definition) is 0. The summed E-state index contributed by atoms with van der Waals surface area (Å²) in [7, 11) is 0. The van der Waals surface area contributed by atoms with Crippen LogP contribution >= 0.6 is 11.6 Å². The Morgan fingerprint density at radius 3 is 2.70 bits per heavy atom. The topological polar surface area (TPSA) is 30.7 Å². The highest BCUT2D eigenvalue weighted by molar-refractivity contribution is 6.16. The second-order valence-electron chi connectivity index (χ2n) is 4.60. The van der Waals surface area contributed by atoms with Gasteiger partial charge in [-0.3, -0.25) is 4.98 Å². The summed E-state index contributed by atoms with van der Waals surface area (Å²) in [5, 5.41) is 0. The van der Waals surface area contributed by atoms with Crippen molar-refractivity contribution >= 4 is 22.6 Å². The molecule has 20 heavy (non-hydrogen) atoms. The lowest BCUT2D eigenvalue weighted by Crippen LogP contribution is -2.09. The number of aromatic nitrogens is 3. The van der Waals surface area contributed by atoms with E-state index in [0.717, 1.165) is 11.1 Å². The third kappa shape index (κ3) is 2.06. The summed E-state index contributed by atoms with van der Waals surface area (Å²) in [5.74, 6) is 0.578. The van der Waals surface area contributed by atoms with Gasteiger partial charge in [-0.2, -0.15) is 0 Å². The van der Waals surface area contributed by atoms with Crippen LogP contribution in [0.5, 0.6) is 0 Å². The molecule has 3 rings (SSSR count). The first-order valence-electron chi connectivity index (χ1n) is 6.33. The summed E-state index contributed by atoms with van der Waals surface area (Å²) >= 11 is 5.97. The molecular weight excluding hydrogens is 277 g/mol. The van der Waals surface area contributed by atoms with Gasteiger partial charge in [-0.05, 0) is 36.8 Å². The van der Waals surface area contributed by atoms with Crippen molar-refractivity contribution in [2.75, 3.05) is 0 Å². The summed E-state index contributed by atoms with van der Waals surface area (Å²) in [6.07, 6.45) is 3.48. The number of rotatable bonds is 3. The first-order valence-corrected chi connectivity index (χ1v) is 6.87. The van der Waals surface area contributed by atoms with Gasteiger partial charge in [0.15, 0.2) is 5.82 Å². The molecule has 0 spiro atoms. The van der Waals surface area contributed by atoms with E-state index >= 15 is 0 Å². The summed E-state index contributed by atoms with van der Waals surface area (Å²) in [5.41, 5.74) is 2.20. The van der Waals surface area contributed by atoms with Gasteiger partial charge in [0.25, 0.3) is 0 Å². The van der Waals surface area contributed by atoms with Crippen molar-refractivity contribution in [2.24, 2.45) is 0 Å². The lowest BCUT2D eigenvalue weighted by atomic mass is 10.1. The van der Waals surface area contributed by atoms with E-state index in [1.807, 2.05) is 29.7 Å². The predicted octanol–water partition coefficient (Wildman–Crippen LogP) is 3.92. The summed E-state index contributed by atoms with van der Waals surface area (Å²) in [6.45, 7) is 2.04. The molecule has 1 atom stereocenters. The fraction of sp³-hybridized carbons (Fsp3) is 0.200. The minimum absolute atomic E-state index is 0.0125. The molecule has 3 nitrogen and oxygen atoms in total. The molecule has 0 radical (unpaired) electrons. The minimum Gasteiger partial charge on any atom is -0.320 e. The first-order chi connectivity index (χ1) is 9.72. The van der Waals surface area contributed by atoms with Crippen LogP contribution < -0.4 is 0 Å². The van der Waals surface area contributed by atoms with Crippen LogP contribution in [0.1, 0.15) is 24.4 Å². The molecular formula is C15H13ClFN3. The molecule has 0 N–H and O–H groups in total. The summed E-state index contributed by atoms with van der Waals surface area (Å²) < 4.78 is 15.8. The van der Waals surface area contributed by atoms with Crippen molar-refractivity contribution in [3.63, 3.8) is 0 Å². The molecule has 5 heteroatoms. The molecule has 0 bridgehead atoms. The van der Waals surface area contributed by atoms with Crippen LogP contribution in [0.15, 0.2) is 42.7 Å². The second kappa shape index (κ2) is 5.21. The predicted molar refractivity (Wildman–Crippen MR) is 77.3 cm³/mol. The molecule has 0 saturated carbocycles. The second-order valence-corrected chi connectivity index (χ2v) is 4.86. The zero-order valence-electron chi connectivity index (χ0n) is 10.9. The molecule has 0 aliphatic rings. The van der Waals surface area contributed by atoms with E-state index < -0.39 is 0 Å². The summed E-state index contributed by atoms with van der Waals surface area (Å²) in [4.78, 5) is 8.33. The van der Waals surface area contributed by atoms with E-state index in [4.69, 9.17) is 11.6 Å². The number of hydrogen-bond acceptors (Lipinski definition) is 2. The van der Waals surface area contributed by atoms with Crippen molar-refractivity contribution in [1.29, 1.82) is 0 Å². The maximum atomic E-state index is 13.9. The minimum atomic E-state index is -0.324. The highest BCUT2D eigenvalue weighted by atomic mass is 35.5. The van der Waals surface area contributed by atoms with Gasteiger partial charge in [0.05, 0.1) is 17.4 Å². The Morgan fingerprint density at radius 1 is 1.25 bits per heavy atom. The van der Waals surface area contributed by atoms with Crippen LogP contribution in [0.25, 0.3) is 11.0 Å². The first kappa shape index (κ1) is 13.1. The lowest BCUT2D eigenvalue weighted by Gasteiger charge is -2.17. The molecule has 2 aromatic heterocycles. The average Bonchev–Trinajstić information content (AvgIpc) is 2.87. The van der Waals surface area contributed by atoms with Gasteiger partial charge >= 0.3 is 0 Å². The average molecular weight is 290 g/mol. The molecule has 0 fully saturated rings. The third-order valence-corrected chi connectivity index (χ3v) is 3.68. The van der Waals surface area contributed by atoms with Crippen molar-refractivity contribution in [3.05, 3.63) is 59.9 Å². The Morgan fingerprint density at radius 2 is 2.00 bits per heavy atom. The van der Waals surface area contributed by atoms with Gasteiger partial charge in [-0.25, -0.2) is 9.37 Å². The van der Waals surface area contributed by atoms with E-state index in [2.05, 4.69) is 9.97 Å². The SMILES string of the molecule is CC(c1ccncc1)n1c(CCl)nc2c(F)cccc21. The van der Waals surface area contributed by atoms with Crippen LogP contribution in [0.2, 0.25) is 0 Å². The van der Waals surface area contributed by atoms with Crippen LogP contribution in [-0.2, 0) is 5.88 Å². The van der Waals surface area contributed by atoms with Crippen LogP contribution in [0, 0.1) is 5.82 Å². The number of halogens is 2. The quantitative estimate of drug-likeness (QED) is 0.684. The molecule has 102 valence electrons. The van der Waals surface area contributed by atoms with E-state index in [1.165, 1.54) is 6.07 Å². The van der Waals surface area contributed by atoms with Crippen molar-refractivity contribution < 1.29 is 4.39 Å². The van der Waals surface area contributed by atoms with Crippen LogP contribution in [0.3, 0.4) is 0 Å². The van der Waals surface area contributed by atoms with Gasteiger partial charge in [-0.1, -0.05) is 6.07 Å². The normalized spacial score (nSPS) is 12.8. The zero-order chi connectivity index (χ0) is 14.1. The highest BCUT2D eigenvalue weighted by Crippen LogP contribution is 2.27. The monoisotopic (exact) mass is 289 g/mol. The number of pyridine rings is 1. The number of para-hydroxylation sites is 1. The molecule has 1 aromatic carbocycles. The standard InChI is InChI=1S/C15H13ClFN3/c1-10(11-5-7-18-8-6-11)20-13-4-2-3-12(17)15(13)19-14(20)9-16/h2-8,10H,9H2,1H3. The van der Waals surface area contributed by atoms with Crippen LogP contribution in [0.4, 0.5) is 4.39 Å². The van der Waals surface area contributed by atoms with Crippen LogP contribution in [-0.4, -0.2) is 14.5 Å². The van der Waals surface area contributed by atoms with E-state index in [1.54, 1.807) is 18.5 Å². The highest BCUT2D eigenvalue weighted by Gasteiger charge is 2.18. The Labute approximate surface area is 121 Å². The van der Waals surface area contributed by atoms with Crippen molar-refractivity contribution in [2.45, 2.75) is 18.8 Å². The van der Waals surface area contributed by atoms with E-state index in [-0.39, 0.29) is 17.7 Å². The van der Waals surface area contributed by atoms with Crippen molar-refractivity contribution in [1.82, 2.24) is 14.5 Å². The van der Waals surface area contributed by atoms with Gasteiger partial charge in [-0.15, -0.1) is 11.6 Å². The smallest absolute Gasteiger partial charge is 0.151 e. The molecule has 0 saturated heterocycles. The van der Waals surface area contributed by atoms with E-state index in [9.17, 15) is 4.39 Å². The maximum absolute atomic E-state index is 13.9. The number of benzene rings is 1.